The maximum Gasteiger partial charge on any atom is 0.269 e. The molecule has 2 aromatic heterocycles. The maximum atomic E-state index is 12.4. The van der Waals surface area contributed by atoms with Crippen LogP contribution in [0.25, 0.3) is 22.0 Å². The minimum Gasteiger partial charge on any atom is -0.354 e. The van der Waals surface area contributed by atoms with Crippen LogP contribution >= 0.6 is 0 Å². The molecule has 0 unspecified atom stereocenters. The van der Waals surface area contributed by atoms with E-state index in [1.807, 2.05) is 18.5 Å². The van der Waals surface area contributed by atoms with Crippen LogP contribution in [0.4, 0.5) is 0 Å². The molecule has 4 rings (SSSR count). The molecule has 0 aliphatic heterocycles. The Morgan fingerprint density at radius 2 is 1.79 bits per heavy atom. The second-order valence-corrected chi connectivity index (χ2v) is 7.83. The van der Waals surface area contributed by atoms with E-state index < -0.39 is 0 Å². The Hall–Kier alpha value is -2.75. The number of carbonyl (C=O) groups excluding carboxylic acids is 1. The van der Waals surface area contributed by atoms with Crippen LogP contribution in [-0.2, 0) is 0 Å². The first-order valence-electron chi connectivity index (χ1n) is 10.2. The number of benzene rings is 1. The van der Waals surface area contributed by atoms with Gasteiger partial charge in [-0.3, -0.25) is 9.78 Å². The standard InChI is InChI=1S/C24H27N3O/c1-15-13-20-23(16(2)22(15)18-9-11-26-12-10-18)19(17-7-5-4-6-8-17)14-21(27-20)24(28)25-3/h9-14,17H,4-8H2,1-3H3,(H,25,28). The summed E-state index contributed by atoms with van der Waals surface area (Å²) >= 11 is 0. The fraction of sp³-hybridized carbons (Fsp3) is 0.375. The Morgan fingerprint density at radius 1 is 1.07 bits per heavy atom. The van der Waals surface area contributed by atoms with Gasteiger partial charge < -0.3 is 5.32 Å². The molecule has 0 radical (unpaired) electrons. The molecule has 0 atom stereocenters. The Kier molecular flexibility index (Phi) is 5.12. The van der Waals surface area contributed by atoms with E-state index in [4.69, 9.17) is 4.98 Å². The predicted octanol–water partition coefficient (Wildman–Crippen LogP) is 5.32. The molecule has 1 aromatic carbocycles. The highest BCUT2D eigenvalue weighted by atomic mass is 16.1. The zero-order valence-corrected chi connectivity index (χ0v) is 16.9. The van der Waals surface area contributed by atoms with Crippen LogP contribution in [0.15, 0.2) is 36.7 Å². The fourth-order valence-corrected chi connectivity index (χ4v) is 4.74. The third kappa shape index (κ3) is 3.28. The van der Waals surface area contributed by atoms with Crippen LogP contribution in [0.2, 0.25) is 0 Å². The van der Waals surface area contributed by atoms with Gasteiger partial charge in [-0.05, 0) is 84.7 Å². The number of amides is 1. The predicted molar refractivity (Wildman–Crippen MR) is 114 cm³/mol. The number of nitrogens with zero attached hydrogens (tertiary/aromatic N) is 2. The number of rotatable bonds is 3. The van der Waals surface area contributed by atoms with E-state index in [1.54, 1.807) is 7.05 Å². The summed E-state index contributed by atoms with van der Waals surface area (Å²) in [6, 6.07) is 8.30. The molecule has 4 nitrogen and oxygen atoms in total. The average molecular weight is 374 g/mol. The van der Waals surface area contributed by atoms with Gasteiger partial charge in [-0.25, -0.2) is 4.98 Å². The van der Waals surface area contributed by atoms with E-state index in [9.17, 15) is 4.79 Å². The average Bonchev–Trinajstić information content (AvgIpc) is 2.73. The van der Waals surface area contributed by atoms with Crippen LogP contribution < -0.4 is 5.32 Å². The van der Waals surface area contributed by atoms with Gasteiger partial charge in [0.1, 0.15) is 5.69 Å². The van der Waals surface area contributed by atoms with Crippen LogP contribution in [-0.4, -0.2) is 22.9 Å². The van der Waals surface area contributed by atoms with Crippen LogP contribution in [0.5, 0.6) is 0 Å². The second-order valence-electron chi connectivity index (χ2n) is 7.83. The number of hydrogen-bond acceptors (Lipinski definition) is 3. The molecule has 144 valence electrons. The van der Waals surface area contributed by atoms with Gasteiger partial charge >= 0.3 is 0 Å². The molecule has 0 spiro atoms. The van der Waals surface area contributed by atoms with Crippen molar-refractivity contribution >= 4 is 16.8 Å². The molecule has 1 aliphatic rings. The van der Waals surface area contributed by atoms with Gasteiger partial charge in [-0.1, -0.05) is 19.3 Å². The van der Waals surface area contributed by atoms with E-state index in [2.05, 4.69) is 42.3 Å². The molecule has 2 heterocycles. The summed E-state index contributed by atoms with van der Waals surface area (Å²) in [6.45, 7) is 4.31. The third-order valence-corrected chi connectivity index (χ3v) is 6.05. The lowest BCUT2D eigenvalue weighted by Crippen LogP contribution is -2.20. The van der Waals surface area contributed by atoms with Crippen molar-refractivity contribution in [2.75, 3.05) is 7.05 Å². The zero-order chi connectivity index (χ0) is 19.7. The Morgan fingerprint density at radius 3 is 2.46 bits per heavy atom. The number of aryl methyl sites for hydroxylation is 2. The molecule has 4 heteroatoms. The van der Waals surface area contributed by atoms with Crippen LogP contribution in [0.1, 0.15) is 65.2 Å². The molecule has 28 heavy (non-hydrogen) atoms. The van der Waals surface area contributed by atoms with Gasteiger partial charge in [-0.2, -0.15) is 0 Å². The summed E-state index contributed by atoms with van der Waals surface area (Å²) in [6.07, 6.45) is 9.87. The van der Waals surface area contributed by atoms with E-state index in [-0.39, 0.29) is 5.91 Å². The van der Waals surface area contributed by atoms with Gasteiger partial charge in [0.2, 0.25) is 0 Å². The molecule has 1 aliphatic carbocycles. The molecule has 1 saturated carbocycles. The van der Waals surface area contributed by atoms with Crippen molar-refractivity contribution in [1.29, 1.82) is 0 Å². The molecule has 1 N–H and O–H groups in total. The summed E-state index contributed by atoms with van der Waals surface area (Å²) < 4.78 is 0. The molecule has 0 saturated heterocycles. The lowest BCUT2D eigenvalue weighted by molar-refractivity contribution is 0.0958. The van der Waals surface area contributed by atoms with E-state index in [0.717, 1.165) is 5.52 Å². The van der Waals surface area contributed by atoms with Crippen molar-refractivity contribution in [3.05, 3.63) is 59.0 Å². The molecular formula is C24H27N3O. The van der Waals surface area contributed by atoms with Crippen molar-refractivity contribution in [3.8, 4) is 11.1 Å². The highest BCUT2D eigenvalue weighted by Crippen LogP contribution is 2.40. The quantitative estimate of drug-likeness (QED) is 0.676. The van der Waals surface area contributed by atoms with E-state index in [0.29, 0.717) is 11.6 Å². The summed E-state index contributed by atoms with van der Waals surface area (Å²) in [4.78, 5) is 21.3. The van der Waals surface area contributed by atoms with Gasteiger partial charge in [0.05, 0.1) is 5.52 Å². The number of pyridine rings is 2. The Balaban J connectivity index is 2.01. The van der Waals surface area contributed by atoms with Gasteiger partial charge in [0.25, 0.3) is 5.91 Å². The van der Waals surface area contributed by atoms with E-state index >= 15 is 0 Å². The highest BCUT2D eigenvalue weighted by Gasteiger charge is 2.23. The fourth-order valence-electron chi connectivity index (χ4n) is 4.74. The smallest absolute Gasteiger partial charge is 0.269 e. The number of nitrogens with one attached hydrogen (secondary N) is 1. The van der Waals surface area contributed by atoms with E-state index in [1.165, 1.54) is 65.3 Å². The van der Waals surface area contributed by atoms with Crippen molar-refractivity contribution in [2.45, 2.75) is 51.9 Å². The van der Waals surface area contributed by atoms with Crippen molar-refractivity contribution in [2.24, 2.45) is 0 Å². The minimum absolute atomic E-state index is 0.118. The number of fused-ring (bicyclic) bond motifs is 1. The van der Waals surface area contributed by atoms with Crippen molar-refractivity contribution in [3.63, 3.8) is 0 Å². The van der Waals surface area contributed by atoms with Gasteiger partial charge in [0.15, 0.2) is 0 Å². The highest BCUT2D eigenvalue weighted by molar-refractivity contribution is 5.99. The van der Waals surface area contributed by atoms with Crippen LogP contribution in [0, 0.1) is 13.8 Å². The molecular weight excluding hydrogens is 346 g/mol. The number of aromatic nitrogens is 2. The van der Waals surface area contributed by atoms with Crippen molar-refractivity contribution in [1.82, 2.24) is 15.3 Å². The maximum absolute atomic E-state index is 12.4. The summed E-state index contributed by atoms with van der Waals surface area (Å²) in [5.74, 6) is 0.377. The lowest BCUT2D eigenvalue weighted by atomic mass is 9.80. The first-order valence-corrected chi connectivity index (χ1v) is 10.2. The number of carbonyl (C=O) groups is 1. The summed E-state index contributed by atoms with van der Waals surface area (Å²) in [5, 5.41) is 3.95. The largest absolute Gasteiger partial charge is 0.354 e. The lowest BCUT2D eigenvalue weighted by Gasteiger charge is -2.25. The molecule has 0 bridgehead atoms. The first-order chi connectivity index (χ1) is 13.6. The second kappa shape index (κ2) is 7.70. The summed E-state index contributed by atoms with van der Waals surface area (Å²) in [7, 11) is 1.66. The number of hydrogen-bond donors (Lipinski definition) is 1. The zero-order valence-electron chi connectivity index (χ0n) is 16.9. The normalized spacial score (nSPS) is 15.0. The third-order valence-electron chi connectivity index (χ3n) is 6.05. The Bertz CT molecular complexity index is 1020. The first kappa shape index (κ1) is 18.6. The monoisotopic (exact) mass is 373 g/mol. The molecule has 3 aromatic rings. The van der Waals surface area contributed by atoms with Gasteiger partial charge in [0, 0.05) is 24.8 Å². The van der Waals surface area contributed by atoms with Gasteiger partial charge in [-0.15, -0.1) is 0 Å². The molecule has 1 amide bonds. The van der Waals surface area contributed by atoms with Crippen molar-refractivity contribution < 1.29 is 4.79 Å². The molecule has 1 fully saturated rings. The topological polar surface area (TPSA) is 54.9 Å². The Labute approximate surface area is 166 Å². The SMILES string of the molecule is CNC(=O)c1cc(C2CCCCC2)c2c(C)c(-c3ccncc3)c(C)cc2n1. The minimum atomic E-state index is -0.118. The summed E-state index contributed by atoms with van der Waals surface area (Å²) in [5.41, 5.74) is 7.58. The van der Waals surface area contributed by atoms with Crippen LogP contribution in [0.3, 0.4) is 0 Å².